The molecule has 0 saturated carbocycles. The van der Waals surface area contributed by atoms with Gasteiger partial charge >= 0.3 is 0 Å². The van der Waals surface area contributed by atoms with E-state index >= 15 is 0 Å². The highest BCUT2D eigenvalue weighted by atomic mass is 15.3. The molecule has 134 valence electrons. The second-order valence-electron chi connectivity index (χ2n) is 7.17. The summed E-state index contributed by atoms with van der Waals surface area (Å²) in [6.07, 6.45) is 5.26. The third kappa shape index (κ3) is 4.48. The molecule has 1 saturated heterocycles. The predicted octanol–water partition coefficient (Wildman–Crippen LogP) is 3.49. The van der Waals surface area contributed by atoms with Gasteiger partial charge in [0, 0.05) is 56.0 Å². The fraction of sp³-hybridized carbons (Fsp3) is 0.500. The molecule has 0 amide bonds. The third-order valence-electron chi connectivity index (χ3n) is 4.88. The minimum absolute atomic E-state index is 0.126. The third-order valence-corrected chi connectivity index (χ3v) is 4.88. The Kier molecular flexibility index (Phi) is 5.53. The van der Waals surface area contributed by atoms with Crippen LogP contribution in [0.25, 0.3) is 0 Å². The fourth-order valence-electron chi connectivity index (χ4n) is 3.38. The molecule has 1 fully saturated rings. The Morgan fingerprint density at radius 1 is 1.00 bits per heavy atom. The summed E-state index contributed by atoms with van der Waals surface area (Å²) in [6.45, 7) is 13.3. The largest absolute Gasteiger partial charge is 0.377 e. The summed E-state index contributed by atoms with van der Waals surface area (Å²) < 4.78 is 0. The molecule has 1 atom stereocenters. The van der Waals surface area contributed by atoms with Gasteiger partial charge in [0.25, 0.3) is 0 Å². The smallest absolute Gasteiger partial charge is 0.0806 e. The van der Waals surface area contributed by atoms with E-state index < -0.39 is 0 Å². The van der Waals surface area contributed by atoms with Crippen molar-refractivity contribution in [3.05, 3.63) is 48.0 Å². The van der Waals surface area contributed by atoms with Gasteiger partial charge < -0.3 is 10.2 Å². The van der Waals surface area contributed by atoms with Crippen LogP contribution in [0, 0.1) is 6.92 Å². The Labute approximate surface area is 151 Å². The number of anilines is 2. The van der Waals surface area contributed by atoms with E-state index in [1.807, 2.05) is 6.20 Å². The first-order valence-electron chi connectivity index (χ1n) is 9.16. The topological polar surface area (TPSA) is 44.3 Å². The summed E-state index contributed by atoms with van der Waals surface area (Å²) in [7, 11) is 0. The number of aryl methyl sites for hydroxylation is 1. The Morgan fingerprint density at radius 3 is 2.40 bits per heavy atom. The van der Waals surface area contributed by atoms with Crippen molar-refractivity contribution in [3.8, 4) is 0 Å². The molecule has 0 aliphatic carbocycles. The summed E-state index contributed by atoms with van der Waals surface area (Å²) in [6, 6.07) is 7.49. The molecule has 2 aromatic rings. The first-order chi connectivity index (χ1) is 12.0. The lowest BCUT2D eigenvalue weighted by Crippen LogP contribution is -2.48. The van der Waals surface area contributed by atoms with Crippen molar-refractivity contribution in [1.29, 1.82) is 0 Å². The van der Waals surface area contributed by atoms with Gasteiger partial charge in [-0.1, -0.05) is 0 Å². The van der Waals surface area contributed by atoms with E-state index in [0.717, 1.165) is 37.6 Å². The summed E-state index contributed by atoms with van der Waals surface area (Å²) in [5, 5.41) is 3.57. The molecular formula is C20H29N5. The SMILES string of the molecule is Cc1cc(N[C@@H](C)c2cnccn2)cc(N2CCN(C(C)C)CC2)c1. The molecule has 3 rings (SSSR count). The van der Waals surface area contributed by atoms with Gasteiger partial charge in [-0.2, -0.15) is 0 Å². The van der Waals surface area contributed by atoms with Crippen LogP contribution in [0.5, 0.6) is 0 Å². The van der Waals surface area contributed by atoms with Gasteiger partial charge in [-0.05, 0) is 51.5 Å². The number of hydrogen-bond donors (Lipinski definition) is 1. The Morgan fingerprint density at radius 2 is 1.76 bits per heavy atom. The minimum atomic E-state index is 0.126. The number of nitrogens with one attached hydrogen (secondary N) is 1. The second-order valence-corrected chi connectivity index (χ2v) is 7.17. The number of nitrogens with zero attached hydrogens (tertiary/aromatic N) is 4. The molecular weight excluding hydrogens is 310 g/mol. The fourth-order valence-corrected chi connectivity index (χ4v) is 3.38. The Balaban J connectivity index is 1.71. The first kappa shape index (κ1) is 17.7. The van der Waals surface area contributed by atoms with Crippen molar-refractivity contribution in [3.63, 3.8) is 0 Å². The van der Waals surface area contributed by atoms with E-state index in [0.29, 0.717) is 6.04 Å². The molecule has 25 heavy (non-hydrogen) atoms. The maximum atomic E-state index is 4.39. The molecule has 1 aliphatic heterocycles. The maximum absolute atomic E-state index is 4.39. The van der Waals surface area contributed by atoms with E-state index in [1.165, 1.54) is 11.3 Å². The molecule has 2 heterocycles. The first-order valence-corrected chi connectivity index (χ1v) is 9.16. The average Bonchev–Trinajstić information content (AvgIpc) is 2.62. The van der Waals surface area contributed by atoms with Crippen LogP contribution < -0.4 is 10.2 Å². The van der Waals surface area contributed by atoms with Gasteiger partial charge in [0.1, 0.15) is 0 Å². The quantitative estimate of drug-likeness (QED) is 0.903. The molecule has 1 aliphatic rings. The molecule has 1 aromatic heterocycles. The average molecular weight is 339 g/mol. The molecule has 5 nitrogen and oxygen atoms in total. The molecule has 0 bridgehead atoms. The normalized spacial score (nSPS) is 16.9. The summed E-state index contributed by atoms with van der Waals surface area (Å²) in [5.74, 6) is 0. The van der Waals surface area contributed by atoms with Gasteiger partial charge in [-0.15, -0.1) is 0 Å². The highest BCUT2D eigenvalue weighted by molar-refractivity contribution is 5.61. The maximum Gasteiger partial charge on any atom is 0.0806 e. The number of benzene rings is 1. The number of piperazine rings is 1. The zero-order valence-electron chi connectivity index (χ0n) is 15.7. The predicted molar refractivity (Wildman–Crippen MR) is 104 cm³/mol. The number of hydrogen-bond acceptors (Lipinski definition) is 5. The lowest BCUT2D eigenvalue weighted by atomic mass is 10.1. The van der Waals surface area contributed by atoms with Crippen LogP contribution in [0.2, 0.25) is 0 Å². The van der Waals surface area contributed by atoms with Gasteiger partial charge in [0.05, 0.1) is 17.9 Å². The van der Waals surface area contributed by atoms with E-state index in [9.17, 15) is 0 Å². The van der Waals surface area contributed by atoms with Crippen LogP contribution in [0.4, 0.5) is 11.4 Å². The van der Waals surface area contributed by atoms with Crippen molar-refractivity contribution < 1.29 is 0 Å². The summed E-state index contributed by atoms with van der Waals surface area (Å²) in [5.41, 5.74) is 4.67. The lowest BCUT2D eigenvalue weighted by Gasteiger charge is -2.38. The number of rotatable bonds is 5. The monoisotopic (exact) mass is 339 g/mol. The van der Waals surface area contributed by atoms with E-state index in [1.54, 1.807) is 12.4 Å². The highest BCUT2D eigenvalue weighted by Gasteiger charge is 2.19. The van der Waals surface area contributed by atoms with Crippen LogP contribution in [-0.2, 0) is 0 Å². The van der Waals surface area contributed by atoms with Gasteiger partial charge in [-0.25, -0.2) is 0 Å². The van der Waals surface area contributed by atoms with Crippen LogP contribution >= 0.6 is 0 Å². The van der Waals surface area contributed by atoms with Crippen LogP contribution in [0.3, 0.4) is 0 Å². The minimum Gasteiger partial charge on any atom is -0.377 e. The van der Waals surface area contributed by atoms with Crippen LogP contribution in [-0.4, -0.2) is 47.1 Å². The zero-order valence-corrected chi connectivity index (χ0v) is 15.7. The zero-order chi connectivity index (χ0) is 17.8. The van der Waals surface area contributed by atoms with Gasteiger partial charge in [0.2, 0.25) is 0 Å². The molecule has 5 heteroatoms. The van der Waals surface area contributed by atoms with E-state index in [2.05, 4.69) is 71.0 Å². The molecule has 1 N–H and O–H groups in total. The van der Waals surface area contributed by atoms with Gasteiger partial charge in [-0.3, -0.25) is 14.9 Å². The summed E-state index contributed by atoms with van der Waals surface area (Å²) in [4.78, 5) is 13.6. The molecule has 0 unspecified atom stereocenters. The lowest BCUT2D eigenvalue weighted by molar-refractivity contribution is 0.209. The van der Waals surface area contributed by atoms with Crippen LogP contribution in [0.1, 0.15) is 38.1 Å². The van der Waals surface area contributed by atoms with Crippen molar-refractivity contribution in [2.75, 3.05) is 36.4 Å². The van der Waals surface area contributed by atoms with E-state index in [4.69, 9.17) is 0 Å². The van der Waals surface area contributed by atoms with Crippen LogP contribution in [0.15, 0.2) is 36.8 Å². The summed E-state index contributed by atoms with van der Waals surface area (Å²) >= 11 is 0. The Bertz CT molecular complexity index is 678. The van der Waals surface area contributed by atoms with Crippen molar-refractivity contribution >= 4 is 11.4 Å². The number of aromatic nitrogens is 2. The second kappa shape index (κ2) is 7.83. The Hall–Kier alpha value is -2.14. The van der Waals surface area contributed by atoms with E-state index in [-0.39, 0.29) is 6.04 Å². The molecule has 1 aromatic carbocycles. The van der Waals surface area contributed by atoms with Crippen molar-refractivity contribution in [2.45, 2.75) is 39.8 Å². The highest BCUT2D eigenvalue weighted by Crippen LogP contribution is 2.26. The molecule has 0 spiro atoms. The van der Waals surface area contributed by atoms with Crippen molar-refractivity contribution in [2.24, 2.45) is 0 Å². The standard InChI is InChI=1S/C20H29N5/c1-15(2)24-7-9-25(10-8-24)19-12-16(3)11-18(13-19)23-17(4)20-14-21-5-6-22-20/h5-6,11-15,17,23H,7-10H2,1-4H3/t17-/m0/s1. The molecule has 0 radical (unpaired) electrons. The van der Waals surface area contributed by atoms with Crippen molar-refractivity contribution in [1.82, 2.24) is 14.9 Å². The van der Waals surface area contributed by atoms with Gasteiger partial charge in [0.15, 0.2) is 0 Å².